The number of fused-ring (bicyclic) bond motifs is 1. The lowest BCUT2D eigenvalue weighted by Crippen LogP contribution is -2.15. The maximum atomic E-state index is 3.61. The van der Waals surface area contributed by atoms with Gasteiger partial charge in [-0.1, -0.05) is 39.8 Å². The van der Waals surface area contributed by atoms with Gasteiger partial charge in [-0.2, -0.15) is 0 Å². The van der Waals surface area contributed by atoms with Gasteiger partial charge < -0.3 is 10.6 Å². The second-order valence-electron chi connectivity index (χ2n) is 5.27. The van der Waals surface area contributed by atoms with Gasteiger partial charge in [-0.05, 0) is 29.5 Å². The highest BCUT2D eigenvalue weighted by Gasteiger charge is 2.18. The first-order chi connectivity index (χ1) is 8.09. The summed E-state index contributed by atoms with van der Waals surface area (Å²) in [6.07, 6.45) is 0. The van der Waals surface area contributed by atoms with E-state index in [1.807, 2.05) is 0 Å². The zero-order valence-corrected chi connectivity index (χ0v) is 11.2. The summed E-state index contributed by atoms with van der Waals surface area (Å²) in [5.74, 6) is 1.10. The van der Waals surface area contributed by atoms with E-state index in [0.29, 0.717) is 11.8 Å². The molecule has 1 aromatic carbocycles. The average Bonchev–Trinajstić information content (AvgIpc) is 2.47. The Labute approximate surface area is 104 Å². The van der Waals surface area contributed by atoms with Gasteiger partial charge in [0.05, 0.1) is 11.4 Å². The van der Waals surface area contributed by atoms with E-state index in [4.69, 9.17) is 0 Å². The molecule has 17 heavy (non-hydrogen) atoms. The Kier molecular flexibility index (Phi) is 3.41. The average molecular weight is 230 g/mol. The Balaban J connectivity index is 2.41. The molecule has 1 aromatic rings. The summed E-state index contributed by atoms with van der Waals surface area (Å²) >= 11 is 0. The van der Waals surface area contributed by atoms with Gasteiger partial charge in [-0.3, -0.25) is 0 Å². The third-order valence-electron chi connectivity index (χ3n) is 3.29. The SMILES string of the molecule is CC(C)C1=C(C(C)C)Nc2ccccc2NC1. The molecule has 92 valence electrons. The summed E-state index contributed by atoms with van der Waals surface area (Å²) in [6, 6.07) is 8.41. The first-order valence-electron chi connectivity index (χ1n) is 6.42. The molecule has 0 aromatic heterocycles. The van der Waals surface area contributed by atoms with E-state index in [0.717, 1.165) is 6.54 Å². The van der Waals surface area contributed by atoms with Gasteiger partial charge in [0, 0.05) is 12.2 Å². The number of para-hydroxylation sites is 2. The van der Waals surface area contributed by atoms with Crippen molar-refractivity contribution in [1.82, 2.24) is 0 Å². The first kappa shape index (κ1) is 12.0. The normalized spacial score (nSPS) is 15.4. The van der Waals surface area contributed by atoms with Gasteiger partial charge in [0.25, 0.3) is 0 Å². The van der Waals surface area contributed by atoms with Crippen molar-refractivity contribution in [2.75, 3.05) is 17.2 Å². The third kappa shape index (κ3) is 2.46. The number of nitrogens with one attached hydrogen (secondary N) is 2. The zero-order chi connectivity index (χ0) is 12.4. The minimum absolute atomic E-state index is 0.528. The van der Waals surface area contributed by atoms with Crippen LogP contribution in [0.25, 0.3) is 0 Å². The van der Waals surface area contributed by atoms with E-state index < -0.39 is 0 Å². The summed E-state index contributed by atoms with van der Waals surface area (Å²) in [5, 5.41) is 7.13. The summed E-state index contributed by atoms with van der Waals surface area (Å²) in [4.78, 5) is 0. The fraction of sp³-hybridized carbons (Fsp3) is 0.467. The molecule has 0 bridgehead atoms. The Morgan fingerprint density at radius 3 is 2.18 bits per heavy atom. The number of hydrogen-bond donors (Lipinski definition) is 2. The molecule has 1 aliphatic heterocycles. The number of benzene rings is 1. The van der Waals surface area contributed by atoms with Crippen LogP contribution in [0, 0.1) is 11.8 Å². The molecule has 0 fully saturated rings. The van der Waals surface area contributed by atoms with Crippen LogP contribution in [-0.2, 0) is 0 Å². The number of hydrogen-bond acceptors (Lipinski definition) is 2. The lowest BCUT2D eigenvalue weighted by atomic mass is 9.95. The molecule has 0 spiro atoms. The van der Waals surface area contributed by atoms with Gasteiger partial charge in [0.1, 0.15) is 0 Å². The molecule has 2 rings (SSSR count). The molecular formula is C15H22N2. The molecule has 1 heterocycles. The van der Waals surface area contributed by atoms with Crippen LogP contribution in [0.5, 0.6) is 0 Å². The molecule has 2 heteroatoms. The standard InChI is InChI=1S/C15H22N2/c1-10(2)12-9-16-13-7-5-6-8-14(13)17-15(12)11(3)4/h5-8,10-11,16-17H,9H2,1-4H3. The van der Waals surface area contributed by atoms with Crippen LogP contribution in [0.2, 0.25) is 0 Å². The Hall–Kier alpha value is -1.44. The van der Waals surface area contributed by atoms with Crippen molar-refractivity contribution in [3.8, 4) is 0 Å². The van der Waals surface area contributed by atoms with Crippen LogP contribution in [0.1, 0.15) is 27.7 Å². The Morgan fingerprint density at radius 2 is 1.59 bits per heavy atom. The van der Waals surface area contributed by atoms with Crippen molar-refractivity contribution in [3.05, 3.63) is 35.5 Å². The fourth-order valence-corrected chi connectivity index (χ4v) is 2.29. The van der Waals surface area contributed by atoms with Crippen molar-refractivity contribution in [2.24, 2.45) is 11.8 Å². The predicted octanol–water partition coefficient (Wildman–Crippen LogP) is 4.09. The second-order valence-corrected chi connectivity index (χ2v) is 5.27. The van der Waals surface area contributed by atoms with E-state index in [1.54, 1.807) is 0 Å². The molecule has 0 atom stereocenters. The maximum absolute atomic E-state index is 3.61. The van der Waals surface area contributed by atoms with E-state index in [-0.39, 0.29) is 0 Å². The fourth-order valence-electron chi connectivity index (χ4n) is 2.29. The van der Waals surface area contributed by atoms with E-state index >= 15 is 0 Å². The zero-order valence-electron chi connectivity index (χ0n) is 11.2. The third-order valence-corrected chi connectivity index (χ3v) is 3.29. The van der Waals surface area contributed by atoms with Crippen molar-refractivity contribution in [1.29, 1.82) is 0 Å². The number of rotatable bonds is 2. The minimum atomic E-state index is 0.528. The molecule has 0 saturated carbocycles. The van der Waals surface area contributed by atoms with Gasteiger partial charge in [0.2, 0.25) is 0 Å². The predicted molar refractivity (Wildman–Crippen MR) is 75.3 cm³/mol. The molecule has 0 radical (unpaired) electrons. The van der Waals surface area contributed by atoms with Crippen molar-refractivity contribution in [3.63, 3.8) is 0 Å². The van der Waals surface area contributed by atoms with Gasteiger partial charge >= 0.3 is 0 Å². The van der Waals surface area contributed by atoms with E-state index in [9.17, 15) is 0 Å². The number of allylic oxidation sites excluding steroid dienone is 1. The Bertz CT molecular complexity index is 430. The van der Waals surface area contributed by atoms with E-state index in [1.165, 1.54) is 22.6 Å². The molecule has 0 aliphatic carbocycles. The van der Waals surface area contributed by atoms with Crippen LogP contribution >= 0.6 is 0 Å². The molecule has 2 nitrogen and oxygen atoms in total. The molecule has 0 saturated heterocycles. The summed E-state index contributed by atoms with van der Waals surface area (Å²) in [5.41, 5.74) is 5.24. The lowest BCUT2D eigenvalue weighted by Gasteiger charge is -2.20. The molecule has 0 unspecified atom stereocenters. The summed E-state index contributed by atoms with van der Waals surface area (Å²) < 4.78 is 0. The second kappa shape index (κ2) is 4.82. The molecule has 1 aliphatic rings. The summed E-state index contributed by atoms with van der Waals surface area (Å²) in [7, 11) is 0. The van der Waals surface area contributed by atoms with Crippen molar-refractivity contribution in [2.45, 2.75) is 27.7 Å². The minimum Gasteiger partial charge on any atom is -0.380 e. The number of anilines is 2. The van der Waals surface area contributed by atoms with Gasteiger partial charge in [0.15, 0.2) is 0 Å². The van der Waals surface area contributed by atoms with Crippen molar-refractivity contribution < 1.29 is 0 Å². The van der Waals surface area contributed by atoms with Crippen LogP contribution in [0.3, 0.4) is 0 Å². The van der Waals surface area contributed by atoms with Crippen molar-refractivity contribution >= 4 is 11.4 Å². The highest BCUT2D eigenvalue weighted by Crippen LogP contribution is 2.31. The molecular weight excluding hydrogens is 208 g/mol. The van der Waals surface area contributed by atoms with Crippen LogP contribution < -0.4 is 10.6 Å². The smallest absolute Gasteiger partial charge is 0.0617 e. The summed E-state index contributed by atoms with van der Waals surface area (Å²) in [6.45, 7) is 9.96. The van der Waals surface area contributed by atoms with Crippen LogP contribution in [0.4, 0.5) is 11.4 Å². The first-order valence-corrected chi connectivity index (χ1v) is 6.42. The molecule has 2 N–H and O–H groups in total. The van der Waals surface area contributed by atoms with E-state index in [2.05, 4.69) is 62.6 Å². The topological polar surface area (TPSA) is 24.1 Å². The molecule has 0 amide bonds. The Morgan fingerprint density at radius 1 is 0.941 bits per heavy atom. The quantitative estimate of drug-likeness (QED) is 0.799. The largest absolute Gasteiger partial charge is 0.380 e. The lowest BCUT2D eigenvalue weighted by molar-refractivity contribution is 0.689. The van der Waals surface area contributed by atoms with Gasteiger partial charge in [-0.15, -0.1) is 0 Å². The monoisotopic (exact) mass is 230 g/mol. The maximum Gasteiger partial charge on any atom is 0.0617 e. The van der Waals surface area contributed by atoms with Gasteiger partial charge in [-0.25, -0.2) is 0 Å². The van der Waals surface area contributed by atoms with Crippen LogP contribution in [-0.4, -0.2) is 6.54 Å². The highest BCUT2D eigenvalue weighted by molar-refractivity contribution is 5.72. The van der Waals surface area contributed by atoms with Crippen LogP contribution in [0.15, 0.2) is 35.5 Å². The highest BCUT2D eigenvalue weighted by atomic mass is 15.0.